The zero-order chi connectivity index (χ0) is 15.8. The number of amides is 1. The fourth-order valence-electron chi connectivity index (χ4n) is 1.58. The van der Waals surface area contributed by atoms with Crippen molar-refractivity contribution >= 4 is 17.6 Å². The molecule has 0 heterocycles. The molecular weight excluding hydrogens is 279 g/mol. The Bertz CT molecular complexity index is 487. The molecule has 0 bridgehead atoms. The Kier molecular flexibility index (Phi) is 6.61. The number of hydrogen-bond donors (Lipinski definition) is 2. The topological polar surface area (TPSA) is 90.6 Å². The molecule has 7 heteroatoms. The lowest BCUT2D eigenvalue weighted by Gasteiger charge is -2.13. The number of nitrogen functional groups attached to an aromatic ring is 1. The largest absolute Gasteiger partial charge is 0.449 e. The van der Waals surface area contributed by atoms with Crippen molar-refractivity contribution in [1.82, 2.24) is 5.32 Å². The highest BCUT2D eigenvalue weighted by molar-refractivity contribution is 5.93. The Hall–Kier alpha value is -2.15. The Morgan fingerprint density at radius 1 is 1.38 bits per heavy atom. The quantitative estimate of drug-likeness (QED) is 0.447. The number of methoxy groups -OCH3 is 1. The Labute approximate surface area is 122 Å². The first-order chi connectivity index (χ1) is 9.93. The van der Waals surface area contributed by atoms with Crippen LogP contribution in [0.4, 0.5) is 10.1 Å². The van der Waals surface area contributed by atoms with E-state index in [0.29, 0.717) is 19.6 Å². The van der Waals surface area contributed by atoms with Crippen molar-refractivity contribution in [2.45, 2.75) is 19.4 Å². The lowest BCUT2D eigenvalue weighted by Crippen LogP contribution is -2.36. The summed E-state index contributed by atoms with van der Waals surface area (Å²) in [6.45, 7) is 2.38. The minimum absolute atomic E-state index is 0.0356. The van der Waals surface area contributed by atoms with E-state index in [2.05, 4.69) is 5.32 Å². The molecule has 0 aliphatic heterocycles. The lowest BCUT2D eigenvalue weighted by atomic mass is 10.2. The standard InChI is InChI=1S/C14H19FN2O4/c1-9(13(18)17-4-3-5-20-2)21-14(19)10-6-11(15)8-12(16)7-10/h6-9H,3-5,16H2,1-2H3,(H,17,18). The molecule has 1 rings (SSSR count). The molecule has 1 aromatic rings. The first-order valence-electron chi connectivity index (χ1n) is 6.47. The van der Waals surface area contributed by atoms with Crippen LogP contribution in [0.5, 0.6) is 0 Å². The van der Waals surface area contributed by atoms with E-state index in [1.165, 1.54) is 13.0 Å². The molecule has 1 unspecified atom stereocenters. The molecule has 6 nitrogen and oxygen atoms in total. The van der Waals surface area contributed by atoms with E-state index in [9.17, 15) is 14.0 Å². The zero-order valence-electron chi connectivity index (χ0n) is 12.0. The van der Waals surface area contributed by atoms with Gasteiger partial charge >= 0.3 is 5.97 Å². The summed E-state index contributed by atoms with van der Waals surface area (Å²) in [6, 6.07) is 3.37. The van der Waals surface area contributed by atoms with E-state index >= 15 is 0 Å². The summed E-state index contributed by atoms with van der Waals surface area (Å²) in [5.41, 5.74) is 5.52. The van der Waals surface area contributed by atoms with Gasteiger partial charge in [0.05, 0.1) is 5.56 Å². The zero-order valence-corrected chi connectivity index (χ0v) is 12.0. The van der Waals surface area contributed by atoms with Gasteiger partial charge in [0, 0.05) is 25.9 Å². The first-order valence-corrected chi connectivity index (χ1v) is 6.47. The molecule has 1 aromatic carbocycles. The Morgan fingerprint density at radius 3 is 2.71 bits per heavy atom. The van der Waals surface area contributed by atoms with Gasteiger partial charge in [0.25, 0.3) is 5.91 Å². The molecule has 1 amide bonds. The van der Waals surface area contributed by atoms with Gasteiger partial charge in [-0.25, -0.2) is 9.18 Å². The molecule has 0 aromatic heterocycles. The number of rotatable bonds is 7. The van der Waals surface area contributed by atoms with Crippen molar-refractivity contribution in [1.29, 1.82) is 0 Å². The van der Waals surface area contributed by atoms with E-state index in [1.807, 2.05) is 0 Å². The van der Waals surface area contributed by atoms with Crippen LogP contribution in [0.3, 0.4) is 0 Å². The van der Waals surface area contributed by atoms with Crippen molar-refractivity contribution < 1.29 is 23.5 Å². The normalized spacial score (nSPS) is 11.8. The molecular formula is C14H19FN2O4. The Morgan fingerprint density at radius 2 is 2.10 bits per heavy atom. The van der Waals surface area contributed by atoms with Gasteiger partial charge in [-0.2, -0.15) is 0 Å². The van der Waals surface area contributed by atoms with E-state index in [-0.39, 0.29) is 11.3 Å². The first kappa shape index (κ1) is 16.9. The molecule has 0 radical (unpaired) electrons. The second kappa shape index (κ2) is 8.21. The number of anilines is 1. The summed E-state index contributed by atoms with van der Waals surface area (Å²) in [5.74, 6) is -1.87. The predicted molar refractivity (Wildman–Crippen MR) is 75.2 cm³/mol. The van der Waals surface area contributed by atoms with Crippen LogP contribution in [0, 0.1) is 5.82 Å². The summed E-state index contributed by atoms with van der Waals surface area (Å²) in [6.07, 6.45) is -0.326. The van der Waals surface area contributed by atoms with Crippen LogP contribution in [-0.4, -0.2) is 38.2 Å². The summed E-state index contributed by atoms with van der Waals surface area (Å²) >= 11 is 0. The SMILES string of the molecule is COCCCNC(=O)C(C)OC(=O)c1cc(N)cc(F)c1. The van der Waals surface area contributed by atoms with E-state index in [4.69, 9.17) is 15.2 Å². The predicted octanol–water partition coefficient (Wildman–Crippen LogP) is 1.11. The smallest absolute Gasteiger partial charge is 0.339 e. The van der Waals surface area contributed by atoms with Crippen molar-refractivity contribution in [3.05, 3.63) is 29.6 Å². The van der Waals surface area contributed by atoms with E-state index < -0.39 is 23.8 Å². The maximum Gasteiger partial charge on any atom is 0.339 e. The number of esters is 1. The third-order valence-electron chi connectivity index (χ3n) is 2.63. The summed E-state index contributed by atoms with van der Waals surface area (Å²) in [4.78, 5) is 23.5. The number of hydrogen-bond acceptors (Lipinski definition) is 5. The average molecular weight is 298 g/mol. The van der Waals surface area contributed by atoms with Crippen molar-refractivity contribution in [2.75, 3.05) is 26.0 Å². The molecule has 0 saturated heterocycles. The monoisotopic (exact) mass is 298 g/mol. The number of halogens is 1. The van der Waals surface area contributed by atoms with Crippen LogP contribution in [0.15, 0.2) is 18.2 Å². The summed E-state index contributed by atoms with van der Waals surface area (Å²) in [7, 11) is 1.57. The molecule has 3 N–H and O–H groups in total. The summed E-state index contributed by atoms with van der Waals surface area (Å²) < 4.78 is 23.0. The van der Waals surface area contributed by atoms with Crippen molar-refractivity contribution in [2.24, 2.45) is 0 Å². The number of nitrogens with two attached hydrogens (primary N) is 1. The molecule has 116 valence electrons. The number of nitrogens with one attached hydrogen (secondary N) is 1. The lowest BCUT2D eigenvalue weighted by molar-refractivity contribution is -0.129. The molecule has 0 aliphatic rings. The third kappa shape index (κ3) is 5.78. The van der Waals surface area contributed by atoms with E-state index in [1.54, 1.807) is 7.11 Å². The van der Waals surface area contributed by atoms with Gasteiger partial charge in [0.2, 0.25) is 0 Å². The molecule has 1 atom stereocenters. The molecule has 0 aliphatic carbocycles. The van der Waals surface area contributed by atoms with Gasteiger partial charge in [-0.1, -0.05) is 0 Å². The highest BCUT2D eigenvalue weighted by Crippen LogP contribution is 2.12. The van der Waals surface area contributed by atoms with Gasteiger partial charge < -0.3 is 20.5 Å². The highest BCUT2D eigenvalue weighted by atomic mass is 19.1. The maximum atomic E-state index is 13.1. The number of carbonyl (C=O) groups excluding carboxylic acids is 2. The van der Waals surface area contributed by atoms with Crippen LogP contribution in [0.1, 0.15) is 23.7 Å². The summed E-state index contributed by atoms with van der Waals surface area (Å²) in [5, 5.41) is 2.60. The van der Waals surface area contributed by atoms with Crippen molar-refractivity contribution in [3.8, 4) is 0 Å². The highest BCUT2D eigenvalue weighted by Gasteiger charge is 2.19. The molecule has 0 spiro atoms. The van der Waals surface area contributed by atoms with Crippen LogP contribution >= 0.6 is 0 Å². The fraction of sp³-hybridized carbons (Fsp3) is 0.429. The minimum atomic E-state index is -0.982. The number of benzene rings is 1. The maximum absolute atomic E-state index is 13.1. The van der Waals surface area contributed by atoms with Gasteiger partial charge in [0.15, 0.2) is 6.10 Å². The molecule has 21 heavy (non-hydrogen) atoms. The van der Waals surface area contributed by atoms with Gasteiger partial charge in [0.1, 0.15) is 5.82 Å². The van der Waals surface area contributed by atoms with Crippen LogP contribution in [0.2, 0.25) is 0 Å². The second-order valence-electron chi connectivity index (χ2n) is 4.46. The van der Waals surface area contributed by atoms with E-state index in [0.717, 1.165) is 12.1 Å². The van der Waals surface area contributed by atoms with Crippen molar-refractivity contribution in [3.63, 3.8) is 0 Å². The fourth-order valence-corrected chi connectivity index (χ4v) is 1.58. The number of carbonyl (C=O) groups is 2. The van der Waals surface area contributed by atoms with Crippen LogP contribution in [-0.2, 0) is 14.3 Å². The van der Waals surface area contributed by atoms with Gasteiger partial charge in [-0.05, 0) is 31.5 Å². The van der Waals surface area contributed by atoms with Gasteiger partial charge in [-0.15, -0.1) is 0 Å². The van der Waals surface area contributed by atoms with Gasteiger partial charge in [-0.3, -0.25) is 4.79 Å². The Balaban J connectivity index is 2.51. The molecule has 0 saturated carbocycles. The molecule has 0 fully saturated rings. The third-order valence-corrected chi connectivity index (χ3v) is 2.63. The van der Waals surface area contributed by atoms with Crippen LogP contribution in [0.25, 0.3) is 0 Å². The average Bonchev–Trinajstić information content (AvgIpc) is 2.42. The number of ether oxygens (including phenoxy) is 2. The second-order valence-corrected chi connectivity index (χ2v) is 4.46. The minimum Gasteiger partial charge on any atom is -0.449 e. The van der Waals surface area contributed by atoms with Crippen LogP contribution < -0.4 is 11.1 Å².